The van der Waals surface area contributed by atoms with Crippen LogP contribution in [-0.2, 0) is 11.2 Å². The molecule has 1 aromatic rings. The van der Waals surface area contributed by atoms with Crippen molar-refractivity contribution < 1.29 is 33.9 Å². The molecule has 1 spiro atoms. The van der Waals surface area contributed by atoms with Gasteiger partial charge in [-0.25, -0.2) is 9.59 Å². The number of carbonyl (C=O) groups is 3. The number of rotatable bonds is 3. The molecule has 0 aromatic heterocycles. The van der Waals surface area contributed by atoms with E-state index in [1.54, 1.807) is 6.07 Å². The van der Waals surface area contributed by atoms with Gasteiger partial charge in [0.15, 0.2) is 0 Å². The average molecular weight is 426 g/mol. The first kappa shape index (κ1) is 21.2. The van der Waals surface area contributed by atoms with E-state index in [1.165, 1.54) is 13.2 Å². The third kappa shape index (κ3) is 3.19. The third-order valence-electron chi connectivity index (χ3n) is 5.71. The van der Waals surface area contributed by atoms with Crippen LogP contribution in [0.1, 0.15) is 35.2 Å². The number of nitrogens with zero attached hydrogens (tertiary/aromatic N) is 1. The summed E-state index contributed by atoms with van der Waals surface area (Å²) < 4.78 is 10.5. The minimum absolute atomic E-state index is 0. The molecule has 4 rings (SSSR count). The fraction of sp³-hybridized carbons (Fsp3) is 0.471. The van der Waals surface area contributed by atoms with Crippen molar-refractivity contribution >= 4 is 37.4 Å². The lowest BCUT2D eigenvalue weighted by Crippen LogP contribution is -2.56. The molecule has 0 bridgehead atoms. The molecule has 5 N–H and O–H groups in total. The van der Waals surface area contributed by atoms with Gasteiger partial charge in [-0.3, -0.25) is 9.69 Å². The Morgan fingerprint density at radius 3 is 2.76 bits per heavy atom. The summed E-state index contributed by atoms with van der Waals surface area (Å²) in [6.07, 6.45) is 1.46. The predicted molar refractivity (Wildman–Crippen MR) is 103 cm³/mol. The summed E-state index contributed by atoms with van der Waals surface area (Å²) in [6, 6.07) is 2.29. The molecule has 2 aliphatic heterocycles. The van der Waals surface area contributed by atoms with Gasteiger partial charge in [0.25, 0.3) is 5.91 Å². The first-order valence-corrected chi connectivity index (χ1v) is 8.96. The molecule has 0 radical (unpaired) electrons. The van der Waals surface area contributed by atoms with Gasteiger partial charge in [-0.15, -0.1) is 12.4 Å². The highest BCUT2D eigenvalue weighted by atomic mass is 35.5. The van der Waals surface area contributed by atoms with E-state index < -0.39 is 36.5 Å². The topological polar surface area (TPSA) is 151 Å². The second kappa shape index (κ2) is 7.40. The van der Waals surface area contributed by atoms with Crippen LogP contribution in [0.5, 0.6) is 11.5 Å². The zero-order chi connectivity index (χ0) is 20.2. The van der Waals surface area contributed by atoms with Crippen LogP contribution in [0.4, 0.5) is 4.79 Å². The number of halogens is 1. The Bertz CT molecular complexity index is 885. The number of fused-ring (bicyclic) bond motifs is 1. The van der Waals surface area contributed by atoms with E-state index in [4.69, 9.17) is 15.1 Å². The summed E-state index contributed by atoms with van der Waals surface area (Å²) in [5.41, 5.74) is 5.12. The van der Waals surface area contributed by atoms with Crippen LogP contribution >= 0.6 is 12.4 Å². The van der Waals surface area contributed by atoms with E-state index in [1.807, 2.05) is 0 Å². The zero-order valence-electron chi connectivity index (χ0n) is 15.6. The number of hydrogen-bond donors (Lipinski definition) is 4. The Labute approximate surface area is 172 Å². The van der Waals surface area contributed by atoms with E-state index in [0.717, 1.165) is 4.90 Å². The quantitative estimate of drug-likeness (QED) is 0.388. The molecule has 12 heteroatoms. The Kier molecular flexibility index (Phi) is 5.41. The van der Waals surface area contributed by atoms with E-state index in [9.17, 15) is 24.5 Å². The molecule has 3 atom stereocenters. The molecule has 2 heterocycles. The molecule has 10 nitrogen and oxygen atoms in total. The molecule has 3 amide bonds. The number of amides is 3. The number of aromatic carboxylic acids is 1. The Morgan fingerprint density at radius 1 is 1.45 bits per heavy atom. The lowest BCUT2D eigenvalue weighted by atomic mass is 9.71. The van der Waals surface area contributed by atoms with Gasteiger partial charge in [0.2, 0.25) is 0 Å². The Balaban J connectivity index is 0.00000240. The average Bonchev–Trinajstić information content (AvgIpc) is 3.13. The van der Waals surface area contributed by atoms with Crippen LogP contribution in [0.2, 0.25) is 0 Å². The normalized spacial score (nSPS) is 28.0. The first-order chi connectivity index (χ1) is 13.3. The molecule has 2 fully saturated rings. The maximum Gasteiger partial charge on any atom is 0.547 e. The van der Waals surface area contributed by atoms with Gasteiger partial charge in [-0.05, 0) is 37.3 Å². The zero-order valence-corrected chi connectivity index (χ0v) is 16.4. The van der Waals surface area contributed by atoms with E-state index in [0.29, 0.717) is 24.8 Å². The molecule has 1 saturated heterocycles. The van der Waals surface area contributed by atoms with Crippen molar-refractivity contribution in [1.82, 2.24) is 10.2 Å². The molecule has 156 valence electrons. The molecule has 2 unspecified atom stereocenters. The van der Waals surface area contributed by atoms with E-state index >= 15 is 0 Å². The summed E-state index contributed by atoms with van der Waals surface area (Å²) in [5.74, 6) is -2.63. The Morgan fingerprint density at radius 2 is 2.17 bits per heavy atom. The molecule has 1 aromatic carbocycles. The number of benzene rings is 1. The van der Waals surface area contributed by atoms with Gasteiger partial charge >= 0.3 is 19.1 Å². The van der Waals surface area contributed by atoms with Crippen LogP contribution in [0, 0.1) is 0 Å². The highest BCUT2D eigenvalue weighted by Gasteiger charge is 2.58. The highest BCUT2D eigenvalue weighted by Crippen LogP contribution is 2.40. The lowest BCUT2D eigenvalue weighted by molar-refractivity contribution is -0.132. The second-order valence-electron chi connectivity index (χ2n) is 7.41. The van der Waals surface area contributed by atoms with Crippen molar-refractivity contribution in [3.63, 3.8) is 0 Å². The van der Waals surface area contributed by atoms with Crippen molar-refractivity contribution in [2.24, 2.45) is 5.73 Å². The molecular formula is C17H21BClN3O7. The van der Waals surface area contributed by atoms with E-state index in [-0.39, 0.29) is 41.9 Å². The van der Waals surface area contributed by atoms with Crippen LogP contribution in [-0.4, -0.2) is 64.7 Å². The van der Waals surface area contributed by atoms with Crippen LogP contribution < -0.4 is 20.4 Å². The van der Waals surface area contributed by atoms with Gasteiger partial charge < -0.3 is 30.6 Å². The number of carboxylic acids is 1. The van der Waals surface area contributed by atoms with E-state index in [2.05, 4.69) is 5.32 Å². The van der Waals surface area contributed by atoms with Gasteiger partial charge in [-0.2, -0.15) is 0 Å². The minimum atomic E-state index is -1.57. The molecule has 3 aliphatic rings. The summed E-state index contributed by atoms with van der Waals surface area (Å²) in [5, 5.41) is 22.7. The summed E-state index contributed by atoms with van der Waals surface area (Å²) >= 11 is 0. The highest BCUT2D eigenvalue weighted by molar-refractivity contribution is 6.47. The molecule has 29 heavy (non-hydrogen) atoms. The summed E-state index contributed by atoms with van der Waals surface area (Å²) in [4.78, 5) is 38.2. The standard InChI is InChI=1S/C17H20BN3O7.ClH/c1-27-10-3-2-8-6-11(18(26)28-13(8)12(10)14(22)23)21-15(24)17(20-16(21)25)5-4-9(19)7-17;/h2-3,9,11,26H,4-7,19H2,1H3,(H,20,25)(H,22,23);1H/t9?,11-,17?;/m0./s1. The molecule has 1 aliphatic carbocycles. The van der Waals surface area contributed by atoms with Crippen molar-refractivity contribution in [3.8, 4) is 11.5 Å². The third-order valence-corrected chi connectivity index (χ3v) is 5.71. The van der Waals surface area contributed by atoms with Crippen molar-refractivity contribution in [2.75, 3.05) is 7.11 Å². The number of imide groups is 1. The second-order valence-corrected chi connectivity index (χ2v) is 7.41. The first-order valence-electron chi connectivity index (χ1n) is 8.96. The number of ether oxygens (including phenoxy) is 1. The fourth-order valence-electron chi connectivity index (χ4n) is 4.35. The molecular weight excluding hydrogens is 404 g/mol. The summed E-state index contributed by atoms with van der Waals surface area (Å²) in [6.45, 7) is 0. The maximum atomic E-state index is 13.0. The van der Waals surface area contributed by atoms with Gasteiger partial charge in [0.05, 0.1) is 13.1 Å². The number of hydrogen-bond acceptors (Lipinski definition) is 7. The number of carbonyl (C=O) groups excluding carboxylic acids is 2. The largest absolute Gasteiger partial charge is 0.547 e. The van der Waals surface area contributed by atoms with Crippen molar-refractivity contribution in [3.05, 3.63) is 23.3 Å². The minimum Gasteiger partial charge on any atom is -0.534 e. The lowest BCUT2D eigenvalue weighted by Gasteiger charge is -2.33. The number of nitrogens with two attached hydrogens (primary N) is 1. The number of methoxy groups -OCH3 is 1. The van der Waals surface area contributed by atoms with Gasteiger partial charge in [-0.1, -0.05) is 6.07 Å². The van der Waals surface area contributed by atoms with Crippen molar-refractivity contribution in [2.45, 2.75) is 43.2 Å². The van der Waals surface area contributed by atoms with Crippen LogP contribution in [0.3, 0.4) is 0 Å². The number of carboxylic acid groups (broad SMARTS) is 1. The molecule has 1 saturated carbocycles. The van der Waals surface area contributed by atoms with Crippen LogP contribution in [0.25, 0.3) is 0 Å². The van der Waals surface area contributed by atoms with Gasteiger partial charge in [0, 0.05) is 6.04 Å². The SMILES string of the molecule is COc1ccc2c(c1C(=O)O)OB(O)[C@@H](N1C(=O)NC3(CCC(N)C3)C1=O)C2.Cl. The Hall–Kier alpha value is -2.50. The number of nitrogens with one attached hydrogen (secondary N) is 1. The number of urea groups is 1. The van der Waals surface area contributed by atoms with Gasteiger partial charge in [0.1, 0.15) is 22.6 Å². The monoisotopic (exact) mass is 425 g/mol. The smallest absolute Gasteiger partial charge is 0.534 e. The van der Waals surface area contributed by atoms with Crippen LogP contribution in [0.15, 0.2) is 12.1 Å². The summed E-state index contributed by atoms with van der Waals surface area (Å²) in [7, 11) is -0.243. The van der Waals surface area contributed by atoms with Crippen molar-refractivity contribution in [1.29, 1.82) is 0 Å². The fourth-order valence-corrected chi connectivity index (χ4v) is 4.35. The maximum absolute atomic E-state index is 13.0. The predicted octanol–water partition coefficient (Wildman–Crippen LogP) is -0.0598.